The lowest BCUT2D eigenvalue weighted by atomic mass is 9.95. The average molecular weight is 245 g/mol. The first-order valence-electron chi connectivity index (χ1n) is 5.76. The lowest BCUT2D eigenvalue weighted by Gasteiger charge is -2.34. The highest BCUT2D eigenvalue weighted by atomic mass is 32.2. The van der Waals surface area contributed by atoms with E-state index in [2.05, 4.69) is 4.90 Å². The lowest BCUT2D eigenvalue weighted by Crippen LogP contribution is -2.44. The normalized spacial score (nSPS) is 31.6. The van der Waals surface area contributed by atoms with E-state index in [1.807, 2.05) is 0 Å². The first kappa shape index (κ1) is 11.9. The van der Waals surface area contributed by atoms with Crippen LogP contribution in [0.25, 0.3) is 0 Å². The van der Waals surface area contributed by atoms with Crippen molar-refractivity contribution in [3.63, 3.8) is 0 Å². The number of hydrogen-bond acceptors (Lipinski definition) is 4. The molecular formula is C10H19N3O2S. The van der Waals surface area contributed by atoms with Gasteiger partial charge in [0.05, 0.1) is 17.3 Å². The van der Waals surface area contributed by atoms with Crippen molar-refractivity contribution in [3.8, 4) is 0 Å². The van der Waals surface area contributed by atoms with E-state index in [4.69, 9.17) is 11.1 Å². The molecule has 0 aromatic rings. The predicted octanol–water partition coefficient (Wildman–Crippen LogP) is -0.179. The SMILES string of the molecule is N=C(N)C1CCN(C2CCS(=O)(=O)C2)CC1. The molecule has 1 atom stereocenters. The number of sulfone groups is 1. The number of nitrogens with one attached hydrogen (secondary N) is 1. The van der Waals surface area contributed by atoms with Gasteiger partial charge in [-0.05, 0) is 32.4 Å². The molecule has 0 bridgehead atoms. The van der Waals surface area contributed by atoms with E-state index in [1.165, 1.54) is 0 Å². The molecule has 2 fully saturated rings. The topological polar surface area (TPSA) is 87.2 Å². The Morgan fingerprint density at radius 1 is 1.25 bits per heavy atom. The molecule has 0 radical (unpaired) electrons. The highest BCUT2D eigenvalue weighted by molar-refractivity contribution is 7.91. The van der Waals surface area contributed by atoms with Crippen LogP contribution in [0.3, 0.4) is 0 Å². The Morgan fingerprint density at radius 3 is 2.31 bits per heavy atom. The van der Waals surface area contributed by atoms with Gasteiger partial charge in [0.2, 0.25) is 0 Å². The van der Waals surface area contributed by atoms with E-state index >= 15 is 0 Å². The minimum Gasteiger partial charge on any atom is -0.387 e. The van der Waals surface area contributed by atoms with Crippen LogP contribution in [0.2, 0.25) is 0 Å². The van der Waals surface area contributed by atoms with Crippen molar-refractivity contribution in [3.05, 3.63) is 0 Å². The highest BCUT2D eigenvalue weighted by Crippen LogP contribution is 2.24. The van der Waals surface area contributed by atoms with Gasteiger partial charge in [0, 0.05) is 12.0 Å². The van der Waals surface area contributed by atoms with E-state index in [-0.39, 0.29) is 17.8 Å². The number of nitrogens with two attached hydrogens (primary N) is 1. The number of rotatable bonds is 2. The van der Waals surface area contributed by atoms with Crippen LogP contribution < -0.4 is 5.73 Å². The Hall–Kier alpha value is -0.620. The maximum absolute atomic E-state index is 11.4. The molecule has 2 aliphatic rings. The molecule has 0 aromatic heterocycles. The van der Waals surface area contributed by atoms with Gasteiger partial charge in [-0.1, -0.05) is 0 Å². The summed E-state index contributed by atoms with van der Waals surface area (Å²) in [6, 6.07) is 0.206. The summed E-state index contributed by atoms with van der Waals surface area (Å²) >= 11 is 0. The zero-order chi connectivity index (χ0) is 11.8. The Labute approximate surface area is 96.4 Å². The molecule has 92 valence electrons. The van der Waals surface area contributed by atoms with E-state index < -0.39 is 9.84 Å². The smallest absolute Gasteiger partial charge is 0.151 e. The summed E-state index contributed by atoms with van der Waals surface area (Å²) < 4.78 is 22.8. The zero-order valence-corrected chi connectivity index (χ0v) is 10.2. The Balaban J connectivity index is 1.88. The molecule has 0 saturated carbocycles. The molecule has 0 aromatic carbocycles. The van der Waals surface area contributed by atoms with Gasteiger partial charge in [0.1, 0.15) is 0 Å². The third kappa shape index (κ3) is 2.55. The van der Waals surface area contributed by atoms with Crippen molar-refractivity contribution in [1.29, 1.82) is 5.41 Å². The lowest BCUT2D eigenvalue weighted by molar-refractivity contribution is 0.162. The molecule has 6 heteroatoms. The summed E-state index contributed by atoms with van der Waals surface area (Å²) in [4.78, 5) is 2.25. The number of amidine groups is 1. The van der Waals surface area contributed by atoms with Crippen molar-refractivity contribution in [2.45, 2.75) is 25.3 Å². The van der Waals surface area contributed by atoms with Crippen molar-refractivity contribution in [2.75, 3.05) is 24.6 Å². The summed E-state index contributed by atoms with van der Waals surface area (Å²) in [6.07, 6.45) is 2.56. The Morgan fingerprint density at radius 2 is 1.88 bits per heavy atom. The van der Waals surface area contributed by atoms with Gasteiger partial charge in [-0.15, -0.1) is 0 Å². The molecule has 16 heavy (non-hydrogen) atoms. The minimum absolute atomic E-state index is 0.203. The Bertz CT molecular complexity index is 372. The van der Waals surface area contributed by atoms with Crippen LogP contribution in [0, 0.1) is 11.3 Å². The van der Waals surface area contributed by atoms with Crippen molar-refractivity contribution < 1.29 is 8.42 Å². The van der Waals surface area contributed by atoms with Gasteiger partial charge in [-0.25, -0.2) is 8.42 Å². The van der Waals surface area contributed by atoms with Crippen LogP contribution in [0.4, 0.5) is 0 Å². The van der Waals surface area contributed by atoms with E-state index in [9.17, 15) is 8.42 Å². The first-order valence-corrected chi connectivity index (χ1v) is 7.58. The van der Waals surface area contributed by atoms with Crippen LogP contribution in [-0.4, -0.2) is 49.8 Å². The van der Waals surface area contributed by atoms with Crippen LogP contribution >= 0.6 is 0 Å². The summed E-state index contributed by atoms with van der Waals surface area (Å²) in [6.45, 7) is 1.76. The molecule has 2 heterocycles. The van der Waals surface area contributed by atoms with Crippen molar-refractivity contribution in [1.82, 2.24) is 4.90 Å². The van der Waals surface area contributed by atoms with E-state index in [0.29, 0.717) is 11.5 Å². The largest absolute Gasteiger partial charge is 0.387 e. The monoisotopic (exact) mass is 245 g/mol. The number of hydrogen-bond donors (Lipinski definition) is 2. The second kappa shape index (κ2) is 4.33. The fourth-order valence-corrected chi connectivity index (χ4v) is 4.40. The molecule has 2 aliphatic heterocycles. The Kier molecular flexibility index (Phi) is 3.21. The quantitative estimate of drug-likeness (QED) is 0.522. The maximum atomic E-state index is 11.4. The molecule has 3 N–H and O–H groups in total. The average Bonchev–Trinajstić information content (AvgIpc) is 2.59. The van der Waals surface area contributed by atoms with Gasteiger partial charge >= 0.3 is 0 Å². The fourth-order valence-electron chi connectivity index (χ4n) is 2.64. The zero-order valence-electron chi connectivity index (χ0n) is 9.35. The first-order chi connectivity index (χ1) is 7.48. The predicted molar refractivity (Wildman–Crippen MR) is 63.3 cm³/mol. The summed E-state index contributed by atoms with van der Waals surface area (Å²) in [7, 11) is -2.78. The van der Waals surface area contributed by atoms with Gasteiger partial charge < -0.3 is 5.73 Å². The molecule has 0 spiro atoms. The van der Waals surface area contributed by atoms with E-state index in [1.54, 1.807) is 0 Å². The van der Waals surface area contributed by atoms with Crippen molar-refractivity contribution >= 4 is 15.7 Å². The fraction of sp³-hybridized carbons (Fsp3) is 0.900. The summed E-state index contributed by atoms with van der Waals surface area (Å²) in [5.74, 6) is 1.13. The molecule has 2 rings (SSSR count). The second-order valence-corrected chi connectivity index (χ2v) is 7.05. The molecule has 0 amide bonds. The standard InChI is InChI=1S/C10H19N3O2S/c11-10(12)8-1-4-13(5-2-8)9-3-6-16(14,15)7-9/h8-9H,1-7H2,(H3,11,12). The van der Waals surface area contributed by atoms with Crippen LogP contribution in [0.15, 0.2) is 0 Å². The summed E-state index contributed by atoms with van der Waals surface area (Å²) in [5, 5.41) is 7.39. The van der Waals surface area contributed by atoms with Crippen molar-refractivity contribution in [2.24, 2.45) is 11.7 Å². The minimum atomic E-state index is -2.78. The molecule has 5 nitrogen and oxygen atoms in total. The maximum Gasteiger partial charge on any atom is 0.151 e. The number of nitrogens with zero attached hydrogens (tertiary/aromatic N) is 1. The third-order valence-corrected chi connectivity index (χ3v) is 5.44. The molecule has 0 aliphatic carbocycles. The van der Waals surface area contributed by atoms with Gasteiger partial charge in [-0.3, -0.25) is 10.3 Å². The highest BCUT2D eigenvalue weighted by Gasteiger charge is 2.34. The molecule has 1 unspecified atom stereocenters. The molecular weight excluding hydrogens is 226 g/mol. The van der Waals surface area contributed by atoms with Crippen LogP contribution in [0.5, 0.6) is 0 Å². The summed E-state index contributed by atoms with van der Waals surface area (Å²) in [5.41, 5.74) is 5.48. The third-order valence-electron chi connectivity index (χ3n) is 3.69. The van der Waals surface area contributed by atoms with Gasteiger partial charge in [-0.2, -0.15) is 0 Å². The second-order valence-electron chi connectivity index (χ2n) is 4.82. The number of piperidine rings is 1. The van der Waals surface area contributed by atoms with E-state index in [0.717, 1.165) is 32.4 Å². The van der Waals surface area contributed by atoms with Crippen LogP contribution in [-0.2, 0) is 9.84 Å². The van der Waals surface area contributed by atoms with Gasteiger partial charge in [0.25, 0.3) is 0 Å². The molecule has 2 saturated heterocycles. The van der Waals surface area contributed by atoms with Crippen LogP contribution in [0.1, 0.15) is 19.3 Å². The number of likely N-dealkylation sites (tertiary alicyclic amines) is 1. The van der Waals surface area contributed by atoms with Gasteiger partial charge in [0.15, 0.2) is 9.84 Å².